The Morgan fingerprint density at radius 1 is 0.963 bits per heavy atom. The van der Waals surface area contributed by atoms with Crippen LogP contribution in [-0.4, -0.2) is 17.1 Å². The predicted molar refractivity (Wildman–Crippen MR) is 122 cm³/mol. The van der Waals surface area contributed by atoms with E-state index in [-0.39, 0.29) is 17.1 Å². The van der Waals surface area contributed by atoms with Crippen LogP contribution in [0.2, 0.25) is 0 Å². The maximum absolute atomic E-state index is 12.4. The van der Waals surface area contributed by atoms with Gasteiger partial charge in [-0.05, 0) is 89.5 Å². The van der Waals surface area contributed by atoms with Crippen molar-refractivity contribution in [2.24, 2.45) is 0 Å². The minimum Gasteiger partial charge on any atom is -0.325 e. The van der Waals surface area contributed by atoms with E-state index in [1.165, 1.54) is 23.1 Å². The van der Waals surface area contributed by atoms with Gasteiger partial charge in [-0.2, -0.15) is 0 Å². The molecule has 2 amide bonds. The maximum Gasteiger partial charge on any atom is 0.265 e. The molecule has 0 radical (unpaired) electrons. The topological polar surface area (TPSA) is 58.2 Å². The highest BCUT2D eigenvalue weighted by molar-refractivity contribution is 14.1. The van der Waals surface area contributed by atoms with Crippen molar-refractivity contribution in [3.63, 3.8) is 0 Å². The Morgan fingerprint density at radius 2 is 1.59 bits per heavy atom. The maximum atomic E-state index is 12.4. The summed E-state index contributed by atoms with van der Waals surface area (Å²) in [5.41, 5.74) is 1.52. The summed E-state index contributed by atoms with van der Waals surface area (Å²) in [5.74, 6) is -0.160. The molecule has 0 bridgehead atoms. The Labute approximate surface area is 179 Å². The van der Waals surface area contributed by atoms with Crippen molar-refractivity contribution in [3.8, 4) is 0 Å². The molecule has 3 aromatic rings. The van der Waals surface area contributed by atoms with Gasteiger partial charge in [-0.15, -0.1) is 23.1 Å². The number of halogens is 1. The molecule has 0 spiro atoms. The molecular formula is C20H17IN2O2S2. The first-order valence-corrected chi connectivity index (χ1v) is 11.0. The second-order valence-corrected chi connectivity index (χ2v) is 9.32. The summed E-state index contributed by atoms with van der Waals surface area (Å²) in [6.07, 6.45) is 0. The Bertz CT molecular complexity index is 910. The van der Waals surface area contributed by atoms with Gasteiger partial charge in [0.1, 0.15) is 0 Å². The van der Waals surface area contributed by atoms with Crippen molar-refractivity contribution in [3.05, 3.63) is 74.5 Å². The van der Waals surface area contributed by atoms with Gasteiger partial charge in [0.2, 0.25) is 5.91 Å². The molecule has 0 saturated carbocycles. The van der Waals surface area contributed by atoms with E-state index in [0.29, 0.717) is 4.88 Å². The van der Waals surface area contributed by atoms with Crippen molar-refractivity contribution in [1.29, 1.82) is 0 Å². The number of benzene rings is 2. The largest absolute Gasteiger partial charge is 0.325 e. The van der Waals surface area contributed by atoms with Gasteiger partial charge in [0, 0.05) is 19.8 Å². The summed E-state index contributed by atoms with van der Waals surface area (Å²) in [5, 5.41) is 7.42. The third-order valence-electron chi connectivity index (χ3n) is 3.65. The van der Waals surface area contributed by atoms with Crippen molar-refractivity contribution < 1.29 is 9.59 Å². The van der Waals surface area contributed by atoms with Gasteiger partial charge in [-0.25, -0.2) is 0 Å². The molecule has 1 heterocycles. The molecule has 0 aliphatic rings. The summed E-state index contributed by atoms with van der Waals surface area (Å²) in [7, 11) is 0. The number of amides is 2. The second-order valence-electron chi connectivity index (χ2n) is 5.71. The first-order valence-electron chi connectivity index (χ1n) is 8.19. The molecule has 0 aliphatic heterocycles. The van der Waals surface area contributed by atoms with E-state index < -0.39 is 0 Å². The number of thioether (sulfide) groups is 1. The molecule has 0 aliphatic carbocycles. The Morgan fingerprint density at radius 3 is 2.22 bits per heavy atom. The van der Waals surface area contributed by atoms with Crippen LogP contribution < -0.4 is 10.6 Å². The number of carbonyl (C=O) groups excluding carboxylic acids is 2. The van der Waals surface area contributed by atoms with Gasteiger partial charge in [-0.3, -0.25) is 9.59 Å². The van der Waals surface area contributed by atoms with Gasteiger partial charge in [0.05, 0.1) is 10.1 Å². The minimum atomic E-state index is -0.240. The van der Waals surface area contributed by atoms with E-state index in [1.807, 2.05) is 66.9 Å². The van der Waals surface area contributed by atoms with Crippen molar-refractivity contribution in [2.45, 2.75) is 17.1 Å². The van der Waals surface area contributed by atoms with E-state index in [0.717, 1.165) is 19.8 Å². The molecule has 0 fully saturated rings. The molecule has 4 nitrogen and oxygen atoms in total. The lowest BCUT2D eigenvalue weighted by atomic mass is 10.3. The zero-order valence-electron chi connectivity index (χ0n) is 14.4. The lowest BCUT2D eigenvalue weighted by Crippen LogP contribution is -2.22. The number of hydrogen-bond donors (Lipinski definition) is 2. The van der Waals surface area contributed by atoms with E-state index in [2.05, 4.69) is 33.2 Å². The van der Waals surface area contributed by atoms with Crippen molar-refractivity contribution in [2.75, 3.05) is 10.6 Å². The molecule has 138 valence electrons. The molecular weight excluding hydrogens is 491 g/mol. The smallest absolute Gasteiger partial charge is 0.265 e. The van der Waals surface area contributed by atoms with Gasteiger partial charge in [0.15, 0.2) is 0 Å². The van der Waals surface area contributed by atoms with E-state index >= 15 is 0 Å². The number of rotatable bonds is 6. The number of thiophene rings is 1. The zero-order chi connectivity index (χ0) is 19.2. The SMILES string of the molecule is CC(Sc1ccc(NC(=O)c2cccs2)cc1)C(=O)Nc1ccc(I)cc1. The average Bonchev–Trinajstić information content (AvgIpc) is 3.20. The van der Waals surface area contributed by atoms with Gasteiger partial charge < -0.3 is 10.6 Å². The molecule has 1 aromatic heterocycles. The Hall–Kier alpha value is -1.84. The highest BCUT2D eigenvalue weighted by Crippen LogP contribution is 2.26. The summed E-state index contributed by atoms with van der Waals surface area (Å²) in [4.78, 5) is 26.1. The molecule has 7 heteroatoms. The van der Waals surface area contributed by atoms with Crippen LogP contribution in [0.3, 0.4) is 0 Å². The van der Waals surface area contributed by atoms with Gasteiger partial charge >= 0.3 is 0 Å². The third-order valence-corrected chi connectivity index (χ3v) is 6.35. The highest BCUT2D eigenvalue weighted by Gasteiger charge is 2.15. The first kappa shape index (κ1) is 19.9. The second kappa shape index (κ2) is 9.38. The number of carbonyl (C=O) groups is 2. The van der Waals surface area contributed by atoms with Crippen molar-refractivity contribution >= 4 is 68.9 Å². The average molecular weight is 508 g/mol. The van der Waals surface area contributed by atoms with Gasteiger partial charge in [0.25, 0.3) is 5.91 Å². The Kier molecular flexibility index (Phi) is 6.92. The third kappa shape index (κ3) is 5.82. The van der Waals surface area contributed by atoms with Crippen LogP contribution in [0.4, 0.5) is 11.4 Å². The molecule has 2 N–H and O–H groups in total. The molecule has 3 rings (SSSR count). The number of nitrogens with one attached hydrogen (secondary N) is 2. The summed E-state index contributed by atoms with van der Waals surface area (Å²) >= 11 is 5.11. The fraction of sp³-hybridized carbons (Fsp3) is 0.100. The van der Waals surface area contributed by atoms with Crippen LogP contribution in [0.1, 0.15) is 16.6 Å². The summed E-state index contributed by atoms with van der Waals surface area (Å²) < 4.78 is 1.12. The number of anilines is 2. The fourth-order valence-electron chi connectivity index (χ4n) is 2.25. The lowest BCUT2D eigenvalue weighted by molar-refractivity contribution is -0.115. The fourth-order valence-corrected chi connectivity index (χ4v) is 4.10. The monoisotopic (exact) mass is 508 g/mol. The summed E-state index contributed by atoms with van der Waals surface area (Å²) in [6.45, 7) is 1.87. The standard InChI is InChI=1S/C20H17IN2O2S2/c1-13(19(24)22-15-6-4-14(21)5-7-15)27-17-10-8-16(9-11-17)23-20(25)18-3-2-12-26-18/h2-13H,1H3,(H,22,24)(H,23,25). The highest BCUT2D eigenvalue weighted by atomic mass is 127. The predicted octanol–water partition coefficient (Wildman–Crippen LogP) is 5.72. The normalized spacial score (nSPS) is 11.6. The van der Waals surface area contributed by atoms with Crippen LogP contribution in [0.5, 0.6) is 0 Å². The van der Waals surface area contributed by atoms with Gasteiger partial charge in [-0.1, -0.05) is 6.07 Å². The van der Waals surface area contributed by atoms with Crippen LogP contribution in [0.15, 0.2) is 70.9 Å². The van der Waals surface area contributed by atoms with Crippen molar-refractivity contribution in [1.82, 2.24) is 0 Å². The van der Waals surface area contributed by atoms with Crippen LogP contribution in [0, 0.1) is 3.57 Å². The molecule has 1 atom stereocenters. The van der Waals surface area contributed by atoms with E-state index in [1.54, 1.807) is 6.07 Å². The van der Waals surface area contributed by atoms with E-state index in [9.17, 15) is 9.59 Å². The molecule has 1 unspecified atom stereocenters. The molecule has 0 saturated heterocycles. The quantitative estimate of drug-likeness (QED) is 0.331. The van der Waals surface area contributed by atoms with Crippen LogP contribution in [-0.2, 0) is 4.79 Å². The van der Waals surface area contributed by atoms with Crippen LogP contribution >= 0.6 is 45.7 Å². The lowest BCUT2D eigenvalue weighted by Gasteiger charge is -2.12. The summed E-state index contributed by atoms with van der Waals surface area (Å²) in [6, 6.07) is 18.8. The van der Waals surface area contributed by atoms with E-state index in [4.69, 9.17) is 0 Å². The number of hydrogen-bond acceptors (Lipinski definition) is 4. The molecule has 27 heavy (non-hydrogen) atoms. The minimum absolute atomic E-state index is 0.0451. The van der Waals surface area contributed by atoms with Crippen LogP contribution in [0.25, 0.3) is 0 Å². The first-order chi connectivity index (χ1) is 13.0. The zero-order valence-corrected chi connectivity index (χ0v) is 18.2. The Balaban J connectivity index is 1.54. The molecule has 2 aromatic carbocycles.